The number of sulfonamides is 1. The number of carboxylic acid groups (broad SMARTS) is 1. The molecule has 0 bridgehead atoms. The predicted octanol–water partition coefficient (Wildman–Crippen LogP) is 2.30. The highest BCUT2D eigenvalue weighted by atomic mass is 32.2. The lowest BCUT2D eigenvalue weighted by atomic mass is 10.0. The minimum atomic E-state index is -3.51. The average Bonchev–Trinajstić information content (AvgIpc) is 2.34. The van der Waals surface area contributed by atoms with Gasteiger partial charge in [0, 0.05) is 6.54 Å². The number of nitrogens with zero attached hydrogens (tertiary/aromatic N) is 1. The van der Waals surface area contributed by atoms with E-state index >= 15 is 0 Å². The van der Waals surface area contributed by atoms with Crippen molar-refractivity contribution in [1.82, 2.24) is 0 Å². The lowest BCUT2D eigenvalue weighted by Gasteiger charge is -2.24. The normalized spacial score (nSPS) is 13.2. The van der Waals surface area contributed by atoms with Crippen LogP contribution < -0.4 is 4.31 Å². The maximum atomic E-state index is 11.8. The van der Waals surface area contributed by atoms with Crippen molar-refractivity contribution in [1.29, 1.82) is 0 Å². The fraction of sp³-hybridized carbons (Fsp3) is 0.500. The maximum absolute atomic E-state index is 11.8. The molecular weight excluding hydrogens is 278 g/mol. The molecule has 0 spiro atoms. The molecule has 1 aromatic carbocycles. The molecule has 6 heteroatoms. The Balaban J connectivity index is 3.09. The van der Waals surface area contributed by atoms with E-state index in [9.17, 15) is 13.2 Å². The average molecular weight is 299 g/mol. The summed E-state index contributed by atoms with van der Waals surface area (Å²) in [6.45, 7) is 5.52. The summed E-state index contributed by atoms with van der Waals surface area (Å²) in [5.41, 5.74) is 1.60. The smallest absolute Gasteiger partial charge is 0.308 e. The SMILES string of the molecule is CC(CN(c1ccc(C(C)C)cc1)S(C)(=O)=O)C(=O)O. The van der Waals surface area contributed by atoms with Crippen LogP contribution in [0.15, 0.2) is 24.3 Å². The van der Waals surface area contributed by atoms with E-state index in [1.54, 1.807) is 12.1 Å². The van der Waals surface area contributed by atoms with Gasteiger partial charge in [-0.3, -0.25) is 9.10 Å². The Kier molecular flexibility index (Phi) is 5.16. The Bertz CT molecular complexity index is 563. The van der Waals surface area contributed by atoms with E-state index < -0.39 is 21.9 Å². The van der Waals surface area contributed by atoms with Crippen molar-refractivity contribution in [3.05, 3.63) is 29.8 Å². The minimum Gasteiger partial charge on any atom is -0.481 e. The number of carboxylic acids is 1. The zero-order chi connectivity index (χ0) is 15.5. The molecule has 0 aliphatic rings. The summed E-state index contributed by atoms with van der Waals surface area (Å²) in [5.74, 6) is -1.43. The predicted molar refractivity (Wildman–Crippen MR) is 79.5 cm³/mol. The maximum Gasteiger partial charge on any atom is 0.308 e. The summed E-state index contributed by atoms with van der Waals surface area (Å²) in [6.07, 6.45) is 1.08. The quantitative estimate of drug-likeness (QED) is 0.874. The summed E-state index contributed by atoms with van der Waals surface area (Å²) >= 11 is 0. The van der Waals surface area contributed by atoms with Crippen LogP contribution in [0, 0.1) is 5.92 Å². The number of hydrogen-bond donors (Lipinski definition) is 1. The van der Waals surface area contributed by atoms with E-state index in [1.165, 1.54) is 6.92 Å². The van der Waals surface area contributed by atoms with E-state index in [2.05, 4.69) is 13.8 Å². The second kappa shape index (κ2) is 6.26. The van der Waals surface area contributed by atoms with Crippen molar-refractivity contribution in [2.75, 3.05) is 17.1 Å². The largest absolute Gasteiger partial charge is 0.481 e. The van der Waals surface area contributed by atoms with E-state index in [0.29, 0.717) is 11.6 Å². The first kappa shape index (κ1) is 16.5. The summed E-state index contributed by atoms with van der Waals surface area (Å²) in [4.78, 5) is 10.9. The van der Waals surface area contributed by atoms with Crippen molar-refractivity contribution in [3.63, 3.8) is 0 Å². The van der Waals surface area contributed by atoms with Crippen LogP contribution >= 0.6 is 0 Å². The molecule has 0 aliphatic carbocycles. The molecule has 1 unspecified atom stereocenters. The van der Waals surface area contributed by atoms with Crippen molar-refractivity contribution in [2.45, 2.75) is 26.7 Å². The van der Waals surface area contributed by atoms with Crippen molar-refractivity contribution in [3.8, 4) is 0 Å². The summed E-state index contributed by atoms with van der Waals surface area (Å²) in [7, 11) is -3.51. The van der Waals surface area contributed by atoms with Gasteiger partial charge in [-0.05, 0) is 23.6 Å². The first-order chi connectivity index (χ1) is 9.12. The molecule has 1 atom stereocenters. The van der Waals surface area contributed by atoms with Crippen molar-refractivity contribution in [2.24, 2.45) is 5.92 Å². The highest BCUT2D eigenvalue weighted by Crippen LogP contribution is 2.23. The van der Waals surface area contributed by atoms with E-state index in [1.807, 2.05) is 12.1 Å². The van der Waals surface area contributed by atoms with Gasteiger partial charge in [0.2, 0.25) is 10.0 Å². The molecule has 20 heavy (non-hydrogen) atoms. The van der Waals surface area contributed by atoms with E-state index in [4.69, 9.17) is 5.11 Å². The number of aliphatic carboxylic acids is 1. The molecule has 112 valence electrons. The molecule has 1 rings (SSSR count). The molecule has 0 saturated heterocycles. The molecule has 0 fully saturated rings. The fourth-order valence-corrected chi connectivity index (χ4v) is 2.78. The van der Waals surface area contributed by atoms with Gasteiger partial charge in [-0.15, -0.1) is 0 Å². The molecule has 0 aliphatic heterocycles. The van der Waals surface area contributed by atoms with Crippen LogP contribution in [0.2, 0.25) is 0 Å². The third kappa shape index (κ3) is 4.23. The molecule has 0 heterocycles. The Morgan fingerprint density at radius 1 is 1.20 bits per heavy atom. The number of hydrogen-bond acceptors (Lipinski definition) is 3. The summed E-state index contributed by atoms with van der Waals surface area (Å²) < 4.78 is 24.8. The second-order valence-corrected chi connectivity index (χ2v) is 7.19. The molecule has 0 saturated carbocycles. The number of carbonyl (C=O) groups is 1. The highest BCUT2D eigenvalue weighted by Gasteiger charge is 2.23. The zero-order valence-electron chi connectivity index (χ0n) is 12.2. The third-order valence-electron chi connectivity index (χ3n) is 3.11. The van der Waals surface area contributed by atoms with E-state index in [-0.39, 0.29) is 6.54 Å². The first-order valence-corrected chi connectivity index (χ1v) is 8.28. The molecule has 1 aromatic rings. The van der Waals surface area contributed by atoms with Crippen molar-refractivity contribution >= 4 is 21.7 Å². The minimum absolute atomic E-state index is 0.0742. The molecule has 0 radical (unpaired) electrons. The van der Waals surface area contributed by atoms with E-state index in [0.717, 1.165) is 16.1 Å². The number of rotatable bonds is 6. The van der Waals surface area contributed by atoms with Gasteiger partial charge >= 0.3 is 5.97 Å². The molecule has 5 nitrogen and oxygen atoms in total. The monoisotopic (exact) mass is 299 g/mol. The third-order valence-corrected chi connectivity index (χ3v) is 4.27. The van der Waals surface area contributed by atoms with Gasteiger partial charge in [0.15, 0.2) is 0 Å². The summed E-state index contributed by atoms with van der Waals surface area (Å²) in [5, 5.41) is 8.94. The molecule has 1 N–H and O–H groups in total. The molecule has 0 amide bonds. The van der Waals surface area contributed by atoms with Crippen LogP contribution in [0.1, 0.15) is 32.3 Å². The fourth-order valence-electron chi connectivity index (χ4n) is 1.78. The van der Waals surface area contributed by atoms with Crippen LogP contribution in [0.4, 0.5) is 5.69 Å². The molecular formula is C14H21NO4S. The number of anilines is 1. The van der Waals surface area contributed by atoms with Gasteiger partial charge in [-0.2, -0.15) is 0 Å². The van der Waals surface area contributed by atoms with Crippen LogP contribution in [0.5, 0.6) is 0 Å². The summed E-state index contributed by atoms with van der Waals surface area (Å²) in [6, 6.07) is 7.16. The Morgan fingerprint density at radius 2 is 1.70 bits per heavy atom. The van der Waals surface area contributed by atoms with Gasteiger partial charge in [-0.1, -0.05) is 32.9 Å². The van der Waals surface area contributed by atoms with Crippen LogP contribution in [0.3, 0.4) is 0 Å². The Morgan fingerprint density at radius 3 is 2.05 bits per heavy atom. The zero-order valence-corrected chi connectivity index (χ0v) is 13.0. The van der Waals surface area contributed by atoms with Gasteiger partial charge in [-0.25, -0.2) is 8.42 Å². The lowest BCUT2D eigenvalue weighted by molar-refractivity contribution is -0.140. The van der Waals surface area contributed by atoms with Gasteiger partial charge in [0.05, 0.1) is 17.9 Å². The second-order valence-electron chi connectivity index (χ2n) is 5.28. The van der Waals surface area contributed by atoms with Crippen LogP contribution in [-0.4, -0.2) is 32.3 Å². The lowest BCUT2D eigenvalue weighted by Crippen LogP contribution is -2.36. The first-order valence-electron chi connectivity index (χ1n) is 6.43. The van der Waals surface area contributed by atoms with Gasteiger partial charge in [0.25, 0.3) is 0 Å². The number of benzene rings is 1. The Labute approximate surface area is 120 Å². The van der Waals surface area contributed by atoms with Gasteiger partial charge in [0.1, 0.15) is 0 Å². The standard InChI is InChI=1S/C14H21NO4S/c1-10(2)12-5-7-13(8-6-12)15(20(4,18)19)9-11(3)14(16)17/h5-8,10-11H,9H2,1-4H3,(H,16,17). The van der Waals surface area contributed by atoms with Gasteiger partial charge < -0.3 is 5.11 Å². The van der Waals surface area contributed by atoms with Crippen LogP contribution in [0.25, 0.3) is 0 Å². The molecule has 0 aromatic heterocycles. The highest BCUT2D eigenvalue weighted by molar-refractivity contribution is 7.92. The topological polar surface area (TPSA) is 74.7 Å². The Hall–Kier alpha value is -1.56. The van der Waals surface area contributed by atoms with Crippen molar-refractivity contribution < 1.29 is 18.3 Å². The van der Waals surface area contributed by atoms with Crippen LogP contribution in [-0.2, 0) is 14.8 Å².